The van der Waals surface area contributed by atoms with Gasteiger partial charge in [-0.25, -0.2) is 18.2 Å². The topological polar surface area (TPSA) is 108 Å². The Morgan fingerprint density at radius 3 is 2.40 bits per heavy atom. The zero-order valence-corrected chi connectivity index (χ0v) is 26.5. The molecule has 6 rings (SSSR count). The highest BCUT2D eigenvalue weighted by Crippen LogP contribution is 2.39. The number of methoxy groups -OCH3 is 1. The van der Waals surface area contributed by atoms with Gasteiger partial charge in [0.05, 0.1) is 50.9 Å². The van der Waals surface area contributed by atoms with Crippen LogP contribution in [0.1, 0.15) is 68.2 Å². The summed E-state index contributed by atoms with van der Waals surface area (Å²) in [5, 5.41) is 0. The summed E-state index contributed by atoms with van der Waals surface area (Å²) in [5.74, 6) is 0.359. The Hall–Kier alpha value is -3.10. The van der Waals surface area contributed by atoms with Crippen LogP contribution < -0.4 is 9.47 Å². The highest BCUT2D eigenvalue weighted by molar-refractivity contribution is 7.88. The quantitative estimate of drug-likeness (QED) is 0.424. The smallest absolute Gasteiger partial charge is 0.416 e. The molecular formula is C31H40F3N3O7S. The van der Waals surface area contributed by atoms with E-state index in [2.05, 4.69) is 4.98 Å². The number of fused-ring (bicyclic) bond motifs is 8. The van der Waals surface area contributed by atoms with Crippen LogP contribution in [0.3, 0.4) is 0 Å². The fourth-order valence-electron chi connectivity index (χ4n) is 6.54. The van der Waals surface area contributed by atoms with E-state index in [1.165, 1.54) is 4.31 Å². The Morgan fingerprint density at radius 1 is 1.07 bits per heavy atom. The number of pyridine rings is 1. The molecule has 0 spiro atoms. The summed E-state index contributed by atoms with van der Waals surface area (Å²) in [6.45, 7) is 2.01. The number of rotatable bonds is 5. The number of ether oxygens (including phenoxy) is 4. The van der Waals surface area contributed by atoms with E-state index in [-0.39, 0.29) is 56.7 Å². The number of nitrogens with zero attached hydrogens (tertiary/aromatic N) is 3. The predicted molar refractivity (Wildman–Crippen MR) is 159 cm³/mol. The number of amides is 1. The molecule has 4 aliphatic rings. The summed E-state index contributed by atoms with van der Waals surface area (Å²) in [6, 6.07) is 7.62. The summed E-state index contributed by atoms with van der Waals surface area (Å²) in [4.78, 5) is 19.4. The predicted octanol–water partition coefficient (Wildman–Crippen LogP) is 5.36. The number of aromatic nitrogens is 1. The molecule has 4 heterocycles. The van der Waals surface area contributed by atoms with E-state index < -0.39 is 39.9 Å². The van der Waals surface area contributed by atoms with Crippen molar-refractivity contribution in [2.24, 2.45) is 0 Å². The minimum atomic E-state index is -4.54. The number of carbonyl (C=O) groups is 1. The molecule has 1 saturated heterocycles. The molecule has 3 aliphatic heterocycles. The summed E-state index contributed by atoms with van der Waals surface area (Å²) in [7, 11) is -2.16. The SMILES string of the molecule is COc1ccc(CN(C2CC(C)N3C(=O)OCCCOc4cc(C(F)(F)F)cc(n4)C4CCC(CC4)OCC23)S(C)(=O)=O)cc1. The molecule has 0 radical (unpaired) electrons. The number of sulfonamides is 1. The van der Waals surface area contributed by atoms with Gasteiger partial charge in [-0.3, -0.25) is 4.90 Å². The molecular weight excluding hydrogens is 615 g/mol. The van der Waals surface area contributed by atoms with Crippen molar-refractivity contribution in [3.63, 3.8) is 0 Å². The summed E-state index contributed by atoms with van der Waals surface area (Å²) < 4.78 is 91.6. The van der Waals surface area contributed by atoms with E-state index in [1.807, 2.05) is 19.1 Å². The van der Waals surface area contributed by atoms with Gasteiger partial charge in [-0.15, -0.1) is 0 Å². The normalized spacial score (nSPS) is 26.6. The van der Waals surface area contributed by atoms with E-state index in [0.717, 1.165) is 24.0 Å². The second-order valence-corrected chi connectivity index (χ2v) is 14.0. The van der Waals surface area contributed by atoms with Gasteiger partial charge in [0.15, 0.2) is 0 Å². The summed E-state index contributed by atoms with van der Waals surface area (Å²) >= 11 is 0. The van der Waals surface area contributed by atoms with Crippen LogP contribution in [0.2, 0.25) is 0 Å². The molecule has 1 saturated carbocycles. The van der Waals surface area contributed by atoms with Gasteiger partial charge in [-0.2, -0.15) is 17.5 Å². The van der Waals surface area contributed by atoms with E-state index in [9.17, 15) is 26.4 Å². The average molecular weight is 656 g/mol. The van der Waals surface area contributed by atoms with Crippen molar-refractivity contribution in [1.29, 1.82) is 0 Å². The second kappa shape index (κ2) is 13.7. The van der Waals surface area contributed by atoms with Crippen molar-refractivity contribution in [3.05, 3.63) is 53.2 Å². The van der Waals surface area contributed by atoms with E-state index >= 15 is 0 Å². The maximum Gasteiger partial charge on any atom is 0.416 e. The fourth-order valence-corrected chi connectivity index (χ4v) is 7.64. The molecule has 1 aromatic heterocycles. The lowest BCUT2D eigenvalue weighted by Gasteiger charge is -2.36. The standard InChI is InChI=1S/C31H40F3N3O7S/c1-20-15-27(36(45(3,39)40)18-21-5-9-24(41-2)10-6-21)28-19-44-25-11-7-22(8-12-25)26-16-23(31(32,33)34)17-29(35-26)42-13-4-14-43-30(38)37(20)28/h5-6,9-10,16-17,20,22,25,27-28H,4,7-8,11-15,18-19H2,1-3H3. The summed E-state index contributed by atoms with van der Waals surface area (Å²) in [5.41, 5.74) is 0.299. The van der Waals surface area contributed by atoms with Crippen LogP contribution in [0.4, 0.5) is 18.0 Å². The number of benzene rings is 1. The van der Waals surface area contributed by atoms with Gasteiger partial charge in [0.1, 0.15) is 5.75 Å². The monoisotopic (exact) mass is 655 g/mol. The average Bonchev–Trinajstić information content (AvgIpc) is 3.32. The van der Waals surface area contributed by atoms with E-state index in [0.29, 0.717) is 43.5 Å². The first-order valence-electron chi connectivity index (χ1n) is 15.2. The Labute approximate surface area is 261 Å². The van der Waals surface area contributed by atoms with Crippen LogP contribution in [0.25, 0.3) is 0 Å². The third kappa shape index (κ3) is 8.01. The van der Waals surface area contributed by atoms with Crippen LogP contribution in [0.5, 0.6) is 11.6 Å². The molecule has 10 nitrogen and oxygen atoms in total. The molecule has 2 fully saturated rings. The fraction of sp³-hybridized carbons (Fsp3) is 0.613. The molecule has 3 atom stereocenters. The van der Waals surface area contributed by atoms with E-state index in [1.54, 1.807) is 24.1 Å². The van der Waals surface area contributed by atoms with Crippen molar-refractivity contribution in [1.82, 2.24) is 14.2 Å². The zero-order chi connectivity index (χ0) is 32.4. The lowest BCUT2D eigenvalue weighted by Crippen LogP contribution is -2.52. The number of halogens is 3. The molecule has 1 amide bonds. The number of hydrogen-bond acceptors (Lipinski definition) is 8. The molecule has 1 aliphatic carbocycles. The van der Waals surface area contributed by atoms with Crippen LogP contribution >= 0.6 is 0 Å². The minimum Gasteiger partial charge on any atom is -0.497 e. The van der Waals surface area contributed by atoms with Crippen molar-refractivity contribution < 1.29 is 45.3 Å². The molecule has 0 N–H and O–H groups in total. The van der Waals surface area contributed by atoms with Crippen molar-refractivity contribution in [2.75, 3.05) is 33.2 Å². The first-order chi connectivity index (χ1) is 21.3. The highest BCUT2D eigenvalue weighted by atomic mass is 32.2. The van der Waals surface area contributed by atoms with Crippen LogP contribution in [0, 0.1) is 0 Å². The van der Waals surface area contributed by atoms with E-state index in [4.69, 9.17) is 18.9 Å². The maximum atomic E-state index is 13.7. The maximum absolute atomic E-state index is 13.7. The Balaban J connectivity index is 1.39. The molecule has 45 heavy (non-hydrogen) atoms. The van der Waals surface area contributed by atoms with Gasteiger partial charge in [0, 0.05) is 42.7 Å². The number of hydrogen-bond donors (Lipinski definition) is 0. The van der Waals surface area contributed by atoms with Gasteiger partial charge in [0.25, 0.3) is 0 Å². The Kier molecular flexibility index (Phi) is 10.1. The van der Waals surface area contributed by atoms with Crippen LogP contribution in [-0.4, -0.2) is 86.1 Å². The first kappa shape index (κ1) is 33.3. The van der Waals surface area contributed by atoms with Gasteiger partial charge in [-0.05, 0) is 62.8 Å². The van der Waals surface area contributed by atoms with Crippen molar-refractivity contribution in [3.8, 4) is 11.6 Å². The lowest BCUT2D eigenvalue weighted by atomic mass is 9.84. The second-order valence-electron chi connectivity index (χ2n) is 12.0. The minimum absolute atomic E-state index is 0.00219. The summed E-state index contributed by atoms with van der Waals surface area (Å²) in [6.07, 6.45) is -1.27. The number of alkyl halides is 3. The third-order valence-corrected chi connectivity index (χ3v) is 10.1. The largest absolute Gasteiger partial charge is 0.497 e. The van der Waals surface area contributed by atoms with Gasteiger partial charge < -0.3 is 18.9 Å². The van der Waals surface area contributed by atoms with Gasteiger partial charge in [0.2, 0.25) is 15.9 Å². The molecule has 1 aromatic carbocycles. The Bertz CT molecular complexity index is 1430. The Morgan fingerprint density at radius 2 is 1.76 bits per heavy atom. The highest BCUT2D eigenvalue weighted by Gasteiger charge is 2.48. The molecule has 4 bridgehead atoms. The molecule has 2 aromatic rings. The van der Waals surface area contributed by atoms with Crippen LogP contribution in [-0.2, 0) is 32.2 Å². The first-order valence-corrected chi connectivity index (χ1v) is 17.1. The zero-order valence-electron chi connectivity index (χ0n) is 25.7. The molecule has 3 unspecified atom stereocenters. The van der Waals surface area contributed by atoms with Crippen molar-refractivity contribution in [2.45, 2.75) is 88.3 Å². The van der Waals surface area contributed by atoms with Gasteiger partial charge >= 0.3 is 12.3 Å². The van der Waals surface area contributed by atoms with Crippen LogP contribution in [0.15, 0.2) is 36.4 Å². The molecule has 14 heteroatoms. The van der Waals surface area contributed by atoms with Gasteiger partial charge in [-0.1, -0.05) is 12.1 Å². The lowest BCUT2D eigenvalue weighted by molar-refractivity contribution is -0.137. The van der Waals surface area contributed by atoms with Crippen molar-refractivity contribution >= 4 is 16.1 Å². The third-order valence-electron chi connectivity index (χ3n) is 8.87. The molecule has 248 valence electrons. The number of carbonyl (C=O) groups excluding carboxylic acids is 1.